The SMILES string of the molecule is O=C(O)c1ccc(C(=O)c2ccc(O)c(O)c2)cc1. The van der Waals surface area contributed by atoms with Crippen molar-refractivity contribution >= 4 is 11.8 Å². The van der Waals surface area contributed by atoms with E-state index in [9.17, 15) is 14.7 Å². The minimum Gasteiger partial charge on any atom is -0.504 e. The number of carbonyl (C=O) groups is 2. The van der Waals surface area contributed by atoms with Crippen LogP contribution >= 0.6 is 0 Å². The summed E-state index contributed by atoms with van der Waals surface area (Å²) in [6.45, 7) is 0. The third-order valence-corrected chi connectivity index (χ3v) is 2.63. The molecule has 0 aliphatic rings. The maximum Gasteiger partial charge on any atom is 0.335 e. The van der Waals surface area contributed by atoms with E-state index in [1.165, 1.54) is 36.4 Å². The Bertz CT molecular complexity index is 643. The van der Waals surface area contributed by atoms with Gasteiger partial charge in [-0.05, 0) is 30.3 Å². The molecule has 0 saturated heterocycles. The van der Waals surface area contributed by atoms with Crippen LogP contribution in [-0.4, -0.2) is 27.1 Å². The van der Waals surface area contributed by atoms with Crippen molar-refractivity contribution in [3.63, 3.8) is 0 Å². The molecule has 96 valence electrons. The highest BCUT2D eigenvalue weighted by molar-refractivity contribution is 6.09. The molecule has 0 heterocycles. The van der Waals surface area contributed by atoms with E-state index in [-0.39, 0.29) is 28.4 Å². The first-order valence-electron chi connectivity index (χ1n) is 5.39. The van der Waals surface area contributed by atoms with Gasteiger partial charge in [-0.2, -0.15) is 0 Å². The average Bonchev–Trinajstić information content (AvgIpc) is 2.41. The van der Waals surface area contributed by atoms with Crippen LogP contribution in [0.3, 0.4) is 0 Å². The minimum atomic E-state index is -1.07. The van der Waals surface area contributed by atoms with Gasteiger partial charge in [-0.15, -0.1) is 0 Å². The van der Waals surface area contributed by atoms with E-state index in [1.54, 1.807) is 0 Å². The van der Waals surface area contributed by atoms with Gasteiger partial charge in [0, 0.05) is 11.1 Å². The summed E-state index contributed by atoms with van der Waals surface area (Å²) in [6.07, 6.45) is 0. The van der Waals surface area contributed by atoms with Gasteiger partial charge in [-0.25, -0.2) is 4.79 Å². The van der Waals surface area contributed by atoms with Crippen molar-refractivity contribution in [1.82, 2.24) is 0 Å². The van der Waals surface area contributed by atoms with Crippen LogP contribution in [0.4, 0.5) is 0 Å². The number of hydrogen-bond donors (Lipinski definition) is 3. The maximum atomic E-state index is 12.1. The molecule has 5 heteroatoms. The number of hydrogen-bond acceptors (Lipinski definition) is 4. The summed E-state index contributed by atoms with van der Waals surface area (Å²) in [5.41, 5.74) is 0.596. The first-order valence-corrected chi connectivity index (χ1v) is 5.39. The number of benzene rings is 2. The quantitative estimate of drug-likeness (QED) is 0.578. The Labute approximate surface area is 108 Å². The number of phenolic OH excluding ortho intramolecular Hbond substituents is 2. The Morgan fingerprint density at radius 1 is 0.737 bits per heavy atom. The molecule has 0 atom stereocenters. The van der Waals surface area contributed by atoms with Crippen LogP contribution in [0.2, 0.25) is 0 Å². The van der Waals surface area contributed by atoms with Gasteiger partial charge in [0.2, 0.25) is 0 Å². The van der Waals surface area contributed by atoms with Gasteiger partial charge in [0.15, 0.2) is 17.3 Å². The minimum absolute atomic E-state index is 0.0881. The highest BCUT2D eigenvalue weighted by Gasteiger charge is 2.12. The summed E-state index contributed by atoms with van der Waals surface area (Å²) in [4.78, 5) is 22.7. The summed E-state index contributed by atoms with van der Waals surface area (Å²) >= 11 is 0. The lowest BCUT2D eigenvalue weighted by Crippen LogP contribution is -2.02. The zero-order valence-corrected chi connectivity index (χ0v) is 9.70. The second-order valence-corrected chi connectivity index (χ2v) is 3.92. The Morgan fingerprint density at radius 2 is 1.26 bits per heavy atom. The number of aromatic carboxylic acids is 1. The lowest BCUT2D eigenvalue weighted by atomic mass is 10.0. The van der Waals surface area contributed by atoms with Crippen molar-refractivity contribution in [3.8, 4) is 11.5 Å². The molecule has 2 rings (SSSR count). The Hall–Kier alpha value is -2.82. The lowest BCUT2D eigenvalue weighted by molar-refractivity contribution is 0.0696. The molecule has 19 heavy (non-hydrogen) atoms. The zero-order valence-electron chi connectivity index (χ0n) is 9.70. The fraction of sp³-hybridized carbons (Fsp3) is 0. The van der Waals surface area contributed by atoms with Crippen LogP contribution in [0.1, 0.15) is 26.3 Å². The van der Waals surface area contributed by atoms with E-state index in [1.807, 2.05) is 0 Å². The molecule has 0 amide bonds. The van der Waals surface area contributed by atoms with Crippen molar-refractivity contribution in [3.05, 3.63) is 59.2 Å². The van der Waals surface area contributed by atoms with Crippen molar-refractivity contribution in [2.75, 3.05) is 0 Å². The van der Waals surface area contributed by atoms with E-state index in [2.05, 4.69) is 0 Å². The molecule has 0 fully saturated rings. The van der Waals surface area contributed by atoms with Gasteiger partial charge in [0.1, 0.15) is 0 Å². The van der Waals surface area contributed by atoms with Crippen LogP contribution in [0.5, 0.6) is 11.5 Å². The Balaban J connectivity index is 2.33. The van der Waals surface area contributed by atoms with E-state index in [4.69, 9.17) is 10.2 Å². The first-order chi connectivity index (χ1) is 8.99. The predicted octanol–water partition coefficient (Wildman–Crippen LogP) is 2.03. The van der Waals surface area contributed by atoms with Crippen molar-refractivity contribution < 1.29 is 24.9 Å². The van der Waals surface area contributed by atoms with Crippen LogP contribution in [0.25, 0.3) is 0 Å². The molecule has 2 aromatic carbocycles. The topological polar surface area (TPSA) is 94.8 Å². The normalized spacial score (nSPS) is 10.1. The summed E-state index contributed by atoms with van der Waals surface area (Å²) in [6, 6.07) is 9.20. The number of rotatable bonds is 3. The molecule has 0 radical (unpaired) electrons. The van der Waals surface area contributed by atoms with Crippen molar-refractivity contribution in [2.24, 2.45) is 0 Å². The molecular formula is C14H10O5. The molecule has 0 unspecified atom stereocenters. The van der Waals surface area contributed by atoms with Crippen LogP contribution in [-0.2, 0) is 0 Å². The summed E-state index contributed by atoms with van der Waals surface area (Å²) in [5.74, 6) is -2.13. The molecule has 0 bridgehead atoms. The fourth-order valence-corrected chi connectivity index (χ4v) is 1.60. The number of carboxylic acids is 1. The number of carboxylic acid groups (broad SMARTS) is 1. The number of aromatic hydroxyl groups is 2. The third-order valence-electron chi connectivity index (χ3n) is 2.63. The fourth-order valence-electron chi connectivity index (χ4n) is 1.60. The number of phenols is 2. The molecule has 0 aliphatic heterocycles. The highest BCUT2D eigenvalue weighted by atomic mass is 16.4. The number of carbonyl (C=O) groups excluding carboxylic acids is 1. The van der Waals surface area contributed by atoms with Crippen LogP contribution in [0.15, 0.2) is 42.5 Å². The maximum absolute atomic E-state index is 12.1. The monoisotopic (exact) mass is 258 g/mol. The van der Waals surface area contributed by atoms with E-state index in [0.717, 1.165) is 6.07 Å². The molecule has 2 aromatic rings. The van der Waals surface area contributed by atoms with Crippen molar-refractivity contribution in [2.45, 2.75) is 0 Å². The Kier molecular flexibility index (Phi) is 3.20. The number of ketones is 1. The molecular weight excluding hydrogens is 248 g/mol. The smallest absolute Gasteiger partial charge is 0.335 e. The lowest BCUT2D eigenvalue weighted by Gasteiger charge is -2.03. The van der Waals surface area contributed by atoms with Gasteiger partial charge in [0.25, 0.3) is 0 Å². The van der Waals surface area contributed by atoms with Crippen LogP contribution < -0.4 is 0 Å². The van der Waals surface area contributed by atoms with Crippen molar-refractivity contribution in [1.29, 1.82) is 0 Å². The van der Waals surface area contributed by atoms with Gasteiger partial charge >= 0.3 is 5.97 Å². The van der Waals surface area contributed by atoms with E-state index >= 15 is 0 Å². The standard InChI is InChI=1S/C14H10O5/c15-11-6-5-10(7-12(11)16)13(17)8-1-3-9(4-2-8)14(18)19/h1-7,15-16H,(H,18,19). The van der Waals surface area contributed by atoms with Gasteiger partial charge < -0.3 is 15.3 Å². The van der Waals surface area contributed by atoms with Crippen LogP contribution in [0, 0.1) is 0 Å². The molecule has 5 nitrogen and oxygen atoms in total. The van der Waals surface area contributed by atoms with E-state index < -0.39 is 5.97 Å². The van der Waals surface area contributed by atoms with E-state index in [0.29, 0.717) is 5.56 Å². The highest BCUT2D eigenvalue weighted by Crippen LogP contribution is 2.26. The predicted molar refractivity (Wildman–Crippen MR) is 66.6 cm³/mol. The largest absolute Gasteiger partial charge is 0.504 e. The summed E-state index contributed by atoms with van der Waals surface area (Å²) in [5, 5.41) is 27.3. The molecule has 0 saturated carbocycles. The molecule has 0 aromatic heterocycles. The first kappa shape index (κ1) is 12.6. The molecule has 0 aliphatic carbocycles. The molecule has 0 spiro atoms. The van der Waals surface area contributed by atoms with Gasteiger partial charge in [-0.3, -0.25) is 4.79 Å². The average molecular weight is 258 g/mol. The third kappa shape index (κ3) is 2.55. The zero-order chi connectivity index (χ0) is 14.0. The Morgan fingerprint density at radius 3 is 1.79 bits per heavy atom. The van der Waals surface area contributed by atoms with Gasteiger partial charge in [0.05, 0.1) is 5.56 Å². The molecule has 3 N–H and O–H groups in total. The second kappa shape index (κ2) is 4.81. The summed E-state index contributed by atoms with van der Waals surface area (Å²) in [7, 11) is 0. The second-order valence-electron chi connectivity index (χ2n) is 3.92. The van der Waals surface area contributed by atoms with Gasteiger partial charge in [-0.1, -0.05) is 12.1 Å². The summed E-state index contributed by atoms with van der Waals surface area (Å²) < 4.78 is 0.